The van der Waals surface area contributed by atoms with Crippen LogP contribution in [0.5, 0.6) is 5.75 Å². The Labute approximate surface area is 121 Å². The number of hydrogen-bond donors (Lipinski definition) is 2. The van der Waals surface area contributed by atoms with Gasteiger partial charge in [0.25, 0.3) is 0 Å². The Hall–Kier alpha value is -0.450. The van der Waals surface area contributed by atoms with Gasteiger partial charge in [-0.25, -0.2) is 0 Å². The Kier molecular flexibility index (Phi) is 4.76. The molecular formula is C13H18BrClN2O. The van der Waals surface area contributed by atoms with Gasteiger partial charge in [0.2, 0.25) is 0 Å². The van der Waals surface area contributed by atoms with E-state index in [0.29, 0.717) is 17.0 Å². The summed E-state index contributed by atoms with van der Waals surface area (Å²) in [6, 6.07) is 4.15. The molecule has 0 amide bonds. The molecule has 2 rings (SSSR count). The Morgan fingerprint density at radius 2 is 2.28 bits per heavy atom. The van der Waals surface area contributed by atoms with Gasteiger partial charge in [-0.3, -0.25) is 0 Å². The molecule has 3 nitrogen and oxygen atoms in total. The third kappa shape index (κ3) is 2.92. The van der Waals surface area contributed by atoms with Crippen molar-refractivity contribution in [3.8, 4) is 5.75 Å². The molecule has 2 atom stereocenters. The van der Waals surface area contributed by atoms with Crippen molar-refractivity contribution in [2.45, 2.75) is 25.3 Å². The molecule has 0 bridgehead atoms. The second-order valence-corrected chi connectivity index (χ2v) is 5.94. The minimum atomic E-state index is 0.411. The number of methoxy groups -OCH3 is 1. The number of anilines is 1. The molecule has 0 aromatic heterocycles. The summed E-state index contributed by atoms with van der Waals surface area (Å²) >= 11 is 9.55. The molecule has 5 heteroatoms. The first-order valence-electron chi connectivity index (χ1n) is 6.15. The largest absolute Gasteiger partial charge is 0.493 e. The Bertz CT molecular complexity index is 428. The molecule has 0 saturated heterocycles. The molecule has 0 heterocycles. The van der Waals surface area contributed by atoms with Crippen LogP contribution in [-0.2, 0) is 0 Å². The van der Waals surface area contributed by atoms with Crippen molar-refractivity contribution in [1.82, 2.24) is 0 Å². The monoisotopic (exact) mass is 332 g/mol. The van der Waals surface area contributed by atoms with Crippen molar-refractivity contribution < 1.29 is 4.74 Å². The van der Waals surface area contributed by atoms with Crippen LogP contribution in [0.4, 0.5) is 5.69 Å². The lowest BCUT2D eigenvalue weighted by atomic mass is 10.0. The average molecular weight is 334 g/mol. The predicted octanol–water partition coefficient (Wildman–Crippen LogP) is 3.65. The summed E-state index contributed by atoms with van der Waals surface area (Å²) < 4.78 is 6.27. The number of nitrogens with one attached hydrogen (secondary N) is 1. The first kappa shape index (κ1) is 14.0. The van der Waals surface area contributed by atoms with Crippen LogP contribution in [0.2, 0.25) is 5.02 Å². The minimum Gasteiger partial charge on any atom is -0.493 e. The molecule has 18 heavy (non-hydrogen) atoms. The van der Waals surface area contributed by atoms with Crippen molar-refractivity contribution in [1.29, 1.82) is 0 Å². The van der Waals surface area contributed by atoms with Gasteiger partial charge in [0.15, 0.2) is 5.75 Å². The van der Waals surface area contributed by atoms with Crippen molar-refractivity contribution in [3.63, 3.8) is 0 Å². The summed E-state index contributed by atoms with van der Waals surface area (Å²) in [6.07, 6.45) is 3.57. The van der Waals surface area contributed by atoms with Crippen molar-refractivity contribution in [2.75, 3.05) is 19.0 Å². The summed E-state index contributed by atoms with van der Waals surface area (Å²) in [5.74, 6) is 1.33. The summed E-state index contributed by atoms with van der Waals surface area (Å²) in [5.41, 5.74) is 6.73. The van der Waals surface area contributed by atoms with E-state index in [4.69, 9.17) is 22.1 Å². The highest BCUT2D eigenvalue weighted by Gasteiger charge is 2.27. The maximum absolute atomic E-state index is 6.08. The van der Waals surface area contributed by atoms with Crippen LogP contribution in [0.25, 0.3) is 0 Å². The van der Waals surface area contributed by atoms with E-state index < -0.39 is 0 Å². The molecule has 3 N–H and O–H groups in total. The molecule has 1 fully saturated rings. The Morgan fingerprint density at radius 1 is 1.50 bits per heavy atom. The molecule has 2 unspecified atom stereocenters. The van der Waals surface area contributed by atoms with Crippen LogP contribution in [0.1, 0.15) is 19.3 Å². The fraction of sp³-hybridized carbons (Fsp3) is 0.538. The summed E-state index contributed by atoms with van der Waals surface area (Å²) in [4.78, 5) is 0. The van der Waals surface area contributed by atoms with E-state index in [1.807, 2.05) is 12.1 Å². The maximum atomic E-state index is 6.08. The van der Waals surface area contributed by atoms with E-state index >= 15 is 0 Å². The predicted molar refractivity (Wildman–Crippen MR) is 79.5 cm³/mol. The van der Waals surface area contributed by atoms with E-state index in [0.717, 1.165) is 28.9 Å². The van der Waals surface area contributed by atoms with Crippen LogP contribution < -0.4 is 15.8 Å². The minimum absolute atomic E-state index is 0.411. The van der Waals surface area contributed by atoms with Crippen LogP contribution in [0, 0.1) is 5.92 Å². The van der Waals surface area contributed by atoms with Crippen LogP contribution in [0.15, 0.2) is 16.6 Å². The van der Waals surface area contributed by atoms with Gasteiger partial charge in [0, 0.05) is 11.1 Å². The smallest absolute Gasteiger partial charge is 0.156 e. The average Bonchev–Trinajstić information content (AvgIpc) is 2.76. The molecule has 0 spiro atoms. The summed E-state index contributed by atoms with van der Waals surface area (Å²) in [7, 11) is 1.66. The highest BCUT2D eigenvalue weighted by molar-refractivity contribution is 9.10. The SMILES string of the molecule is COc1c(Br)cc(Cl)cc1NC1CCCC1CN. The molecule has 100 valence electrons. The zero-order chi connectivity index (χ0) is 13.1. The van der Waals surface area contributed by atoms with Gasteiger partial charge in [0.05, 0.1) is 17.3 Å². The first-order chi connectivity index (χ1) is 8.65. The molecular weight excluding hydrogens is 316 g/mol. The lowest BCUT2D eigenvalue weighted by Crippen LogP contribution is -2.29. The van der Waals surface area contributed by atoms with Gasteiger partial charge in [-0.05, 0) is 53.4 Å². The molecule has 1 aromatic carbocycles. The molecule has 1 saturated carbocycles. The summed E-state index contributed by atoms with van der Waals surface area (Å²) in [5, 5.41) is 4.21. The first-order valence-corrected chi connectivity index (χ1v) is 7.32. The topological polar surface area (TPSA) is 47.3 Å². The second kappa shape index (κ2) is 6.13. The van der Waals surface area contributed by atoms with E-state index in [9.17, 15) is 0 Å². The van der Waals surface area contributed by atoms with E-state index in [2.05, 4.69) is 21.2 Å². The Morgan fingerprint density at radius 3 is 2.94 bits per heavy atom. The zero-order valence-electron chi connectivity index (χ0n) is 10.4. The van der Waals surface area contributed by atoms with Gasteiger partial charge in [0.1, 0.15) is 0 Å². The third-order valence-corrected chi connectivity index (χ3v) is 4.32. The van der Waals surface area contributed by atoms with E-state index in [1.54, 1.807) is 7.11 Å². The van der Waals surface area contributed by atoms with Gasteiger partial charge in [-0.2, -0.15) is 0 Å². The van der Waals surface area contributed by atoms with Crippen LogP contribution in [-0.4, -0.2) is 19.7 Å². The number of rotatable bonds is 4. The number of nitrogens with two attached hydrogens (primary N) is 1. The molecule has 1 aliphatic rings. The van der Waals surface area contributed by atoms with Gasteiger partial charge in [-0.1, -0.05) is 18.0 Å². The van der Waals surface area contributed by atoms with E-state index in [-0.39, 0.29) is 0 Å². The highest BCUT2D eigenvalue weighted by atomic mass is 79.9. The van der Waals surface area contributed by atoms with Crippen molar-refractivity contribution >= 4 is 33.2 Å². The lowest BCUT2D eigenvalue weighted by Gasteiger charge is -2.22. The van der Waals surface area contributed by atoms with Gasteiger partial charge >= 0.3 is 0 Å². The summed E-state index contributed by atoms with van der Waals surface area (Å²) in [6.45, 7) is 0.724. The normalized spacial score (nSPS) is 23.1. The standard InChI is InChI=1S/C13H18BrClN2O/c1-18-13-10(14)5-9(15)6-12(13)17-11-4-2-3-8(11)7-16/h5-6,8,11,17H,2-4,7,16H2,1H3. The third-order valence-electron chi connectivity index (χ3n) is 3.52. The fourth-order valence-electron chi connectivity index (χ4n) is 2.58. The van der Waals surface area contributed by atoms with Crippen molar-refractivity contribution in [3.05, 3.63) is 21.6 Å². The number of halogens is 2. The number of hydrogen-bond acceptors (Lipinski definition) is 3. The molecule has 1 aromatic rings. The highest BCUT2D eigenvalue weighted by Crippen LogP contribution is 2.38. The van der Waals surface area contributed by atoms with Crippen LogP contribution in [0.3, 0.4) is 0 Å². The van der Waals surface area contributed by atoms with E-state index in [1.165, 1.54) is 12.8 Å². The molecule has 1 aliphatic carbocycles. The van der Waals surface area contributed by atoms with Gasteiger partial charge < -0.3 is 15.8 Å². The zero-order valence-corrected chi connectivity index (χ0v) is 12.7. The maximum Gasteiger partial charge on any atom is 0.156 e. The van der Waals surface area contributed by atoms with Crippen LogP contribution >= 0.6 is 27.5 Å². The molecule has 0 aliphatic heterocycles. The quantitative estimate of drug-likeness (QED) is 0.884. The molecule has 0 radical (unpaired) electrons. The fourth-order valence-corrected chi connectivity index (χ4v) is 3.56. The van der Waals surface area contributed by atoms with Crippen molar-refractivity contribution in [2.24, 2.45) is 11.7 Å². The van der Waals surface area contributed by atoms with Gasteiger partial charge in [-0.15, -0.1) is 0 Å². The number of benzene rings is 1. The lowest BCUT2D eigenvalue weighted by molar-refractivity contribution is 0.412. The Balaban J connectivity index is 2.22. The number of ether oxygens (including phenoxy) is 1. The second-order valence-electron chi connectivity index (χ2n) is 4.65.